The number of hydrogen-bond donors (Lipinski definition) is 0. The van der Waals surface area contributed by atoms with Gasteiger partial charge in [-0.15, -0.1) is 0 Å². The van der Waals surface area contributed by atoms with Gasteiger partial charge in [0.1, 0.15) is 0 Å². The first-order valence-corrected chi connectivity index (χ1v) is 7.98. The van der Waals surface area contributed by atoms with Crippen LogP contribution in [0.3, 0.4) is 0 Å². The molecule has 3 heterocycles. The summed E-state index contributed by atoms with van der Waals surface area (Å²) in [6, 6.07) is 7.08. The summed E-state index contributed by atoms with van der Waals surface area (Å²) in [5, 5.41) is 3.88. The molecule has 0 spiro atoms. The van der Waals surface area contributed by atoms with Crippen molar-refractivity contribution in [2.75, 3.05) is 13.1 Å². The molecule has 1 aliphatic heterocycles. The Morgan fingerprint density at radius 2 is 1.85 bits per heavy atom. The molecule has 0 atom stereocenters. The van der Waals surface area contributed by atoms with Crippen molar-refractivity contribution in [1.82, 2.24) is 25.0 Å². The Bertz CT molecular complexity index is 891. The van der Waals surface area contributed by atoms with E-state index >= 15 is 0 Å². The number of halogens is 3. The fourth-order valence-corrected chi connectivity index (χ4v) is 2.87. The Morgan fingerprint density at radius 3 is 2.58 bits per heavy atom. The van der Waals surface area contributed by atoms with Crippen LogP contribution in [-0.2, 0) is 12.7 Å². The molecule has 0 unspecified atom stereocenters. The van der Waals surface area contributed by atoms with E-state index in [1.54, 1.807) is 24.5 Å². The van der Waals surface area contributed by atoms with Gasteiger partial charge in [-0.1, -0.05) is 23.4 Å². The molecule has 0 amide bonds. The van der Waals surface area contributed by atoms with Crippen molar-refractivity contribution in [3.63, 3.8) is 0 Å². The molecule has 0 radical (unpaired) electrons. The van der Waals surface area contributed by atoms with Gasteiger partial charge >= 0.3 is 6.18 Å². The molecule has 0 aliphatic carbocycles. The highest BCUT2D eigenvalue weighted by molar-refractivity contribution is 5.40. The molecule has 4 rings (SSSR count). The van der Waals surface area contributed by atoms with Gasteiger partial charge in [0.2, 0.25) is 17.5 Å². The monoisotopic (exact) mass is 361 g/mol. The highest BCUT2D eigenvalue weighted by Gasteiger charge is 2.34. The zero-order chi connectivity index (χ0) is 18.1. The topological polar surface area (TPSA) is 67.9 Å². The second kappa shape index (κ2) is 6.49. The number of rotatable bonds is 4. The van der Waals surface area contributed by atoms with E-state index in [0.29, 0.717) is 42.7 Å². The standard InChI is InChI=1S/C17H14F3N5O/c18-17(19,20)13-4-1-3-11(7-13)8-25-9-12(10-25)16-23-15(24-26-16)14-21-5-2-6-22-14/h1-7,12H,8-10H2. The van der Waals surface area contributed by atoms with E-state index in [0.717, 1.165) is 6.07 Å². The summed E-state index contributed by atoms with van der Waals surface area (Å²) >= 11 is 0. The van der Waals surface area contributed by atoms with Crippen molar-refractivity contribution in [1.29, 1.82) is 0 Å². The van der Waals surface area contributed by atoms with Gasteiger partial charge in [0.15, 0.2) is 0 Å². The minimum Gasteiger partial charge on any atom is -0.338 e. The second-order valence-corrected chi connectivity index (χ2v) is 6.12. The van der Waals surface area contributed by atoms with E-state index in [1.807, 2.05) is 4.90 Å². The molecule has 3 aromatic rings. The van der Waals surface area contributed by atoms with E-state index < -0.39 is 11.7 Å². The Balaban J connectivity index is 1.37. The van der Waals surface area contributed by atoms with Gasteiger partial charge in [0, 0.05) is 32.0 Å². The minimum atomic E-state index is -4.33. The van der Waals surface area contributed by atoms with Crippen LogP contribution < -0.4 is 0 Å². The van der Waals surface area contributed by atoms with Crippen molar-refractivity contribution < 1.29 is 17.7 Å². The van der Waals surface area contributed by atoms with E-state index in [1.165, 1.54) is 12.1 Å². The van der Waals surface area contributed by atoms with Crippen LogP contribution in [0.1, 0.15) is 22.9 Å². The average molecular weight is 361 g/mol. The average Bonchev–Trinajstić information content (AvgIpc) is 3.07. The summed E-state index contributed by atoms with van der Waals surface area (Å²) in [6.07, 6.45) is -1.13. The number of aromatic nitrogens is 4. The summed E-state index contributed by atoms with van der Waals surface area (Å²) in [5.74, 6) is 1.28. The smallest absolute Gasteiger partial charge is 0.338 e. The van der Waals surface area contributed by atoms with Crippen molar-refractivity contribution >= 4 is 0 Å². The molecule has 1 saturated heterocycles. The summed E-state index contributed by atoms with van der Waals surface area (Å²) in [6.45, 7) is 1.74. The largest absolute Gasteiger partial charge is 0.416 e. The second-order valence-electron chi connectivity index (χ2n) is 6.12. The lowest BCUT2D eigenvalue weighted by atomic mass is 9.99. The van der Waals surface area contributed by atoms with Gasteiger partial charge in [-0.25, -0.2) is 9.97 Å². The summed E-state index contributed by atoms with van der Waals surface area (Å²) < 4.78 is 43.6. The molecule has 26 heavy (non-hydrogen) atoms. The number of hydrogen-bond acceptors (Lipinski definition) is 6. The third kappa shape index (κ3) is 3.43. The molecule has 134 valence electrons. The maximum atomic E-state index is 12.8. The van der Waals surface area contributed by atoms with Gasteiger partial charge in [-0.2, -0.15) is 18.2 Å². The van der Waals surface area contributed by atoms with Gasteiger partial charge in [-0.05, 0) is 17.7 Å². The van der Waals surface area contributed by atoms with Gasteiger partial charge in [0.05, 0.1) is 11.5 Å². The van der Waals surface area contributed by atoms with E-state index in [9.17, 15) is 13.2 Å². The Labute approximate surface area is 146 Å². The summed E-state index contributed by atoms with van der Waals surface area (Å²) in [7, 11) is 0. The molecule has 9 heteroatoms. The van der Waals surface area contributed by atoms with Crippen LogP contribution >= 0.6 is 0 Å². The van der Waals surface area contributed by atoms with Crippen LogP contribution in [0, 0.1) is 0 Å². The van der Waals surface area contributed by atoms with E-state index in [2.05, 4.69) is 20.1 Å². The quantitative estimate of drug-likeness (QED) is 0.711. The Hall–Kier alpha value is -2.81. The molecule has 2 aromatic heterocycles. The first-order valence-electron chi connectivity index (χ1n) is 7.98. The lowest BCUT2D eigenvalue weighted by molar-refractivity contribution is -0.137. The highest BCUT2D eigenvalue weighted by atomic mass is 19.4. The van der Waals surface area contributed by atoms with E-state index in [-0.39, 0.29) is 5.92 Å². The zero-order valence-corrected chi connectivity index (χ0v) is 13.5. The molecule has 1 fully saturated rings. The van der Waals surface area contributed by atoms with Crippen molar-refractivity contribution in [3.8, 4) is 11.6 Å². The number of likely N-dealkylation sites (tertiary alicyclic amines) is 1. The van der Waals surface area contributed by atoms with Crippen molar-refractivity contribution in [2.24, 2.45) is 0 Å². The Morgan fingerprint density at radius 1 is 1.08 bits per heavy atom. The van der Waals surface area contributed by atoms with Crippen molar-refractivity contribution in [3.05, 3.63) is 59.7 Å². The summed E-state index contributed by atoms with van der Waals surface area (Å²) in [5.41, 5.74) is -0.00124. The fourth-order valence-electron chi connectivity index (χ4n) is 2.87. The minimum absolute atomic E-state index is 0.0609. The molecular weight excluding hydrogens is 347 g/mol. The van der Waals surface area contributed by atoms with E-state index in [4.69, 9.17) is 4.52 Å². The molecule has 0 N–H and O–H groups in total. The number of nitrogens with zero attached hydrogens (tertiary/aromatic N) is 5. The maximum absolute atomic E-state index is 12.8. The van der Waals surface area contributed by atoms with Gasteiger partial charge in [0.25, 0.3) is 0 Å². The number of benzene rings is 1. The van der Waals surface area contributed by atoms with Crippen molar-refractivity contribution in [2.45, 2.75) is 18.6 Å². The van der Waals surface area contributed by atoms with Crippen LogP contribution in [0.25, 0.3) is 11.6 Å². The first-order chi connectivity index (χ1) is 12.5. The molecule has 1 aliphatic rings. The number of alkyl halides is 3. The molecular formula is C17H14F3N5O. The van der Waals surface area contributed by atoms with Crippen LogP contribution in [-0.4, -0.2) is 38.1 Å². The lowest BCUT2D eigenvalue weighted by Crippen LogP contribution is -2.44. The van der Waals surface area contributed by atoms with Gasteiger partial charge in [-0.3, -0.25) is 4.90 Å². The predicted molar refractivity (Wildman–Crippen MR) is 84.8 cm³/mol. The first kappa shape index (κ1) is 16.6. The van der Waals surface area contributed by atoms with Crippen LogP contribution in [0.15, 0.2) is 47.2 Å². The molecule has 1 aromatic carbocycles. The molecule has 0 saturated carbocycles. The lowest BCUT2D eigenvalue weighted by Gasteiger charge is -2.37. The third-order valence-electron chi connectivity index (χ3n) is 4.17. The normalized spacial score (nSPS) is 15.8. The zero-order valence-electron chi connectivity index (χ0n) is 13.5. The van der Waals surface area contributed by atoms with Gasteiger partial charge < -0.3 is 4.52 Å². The third-order valence-corrected chi connectivity index (χ3v) is 4.17. The van der Waals surface area contributed by atoms with Crippen LogP contribution in [0.2, 0.25) is 0 Å². The molecule has 6 nitrogen and oxygen atoms in total. The SMILES string of the molecule is FC(F)(F)c1cccc(CN2CC(c3nc(-c4ncccn4)no3)C2)c1. The fraction of sp³-hybridized carbons (Fsp3) is 0.294. The molecule has 0 bridgehead atoms. The van der Waals surface area contributed by atoms with Crippen LogP contribution in [0.5, 0.6) is 0 Å². The summed E-state index contributed by atoms with van der Waals surface area (Å²) in [4.78, 5) is 14.5. The Kier molecular flexibility index (Phi) is 4.15. The highest BCUT2D eigenvalue weighted by Crippen LogP contribution is 2.31. The maximum Gasteiger partial charge on any atom is 0.416 e. The van der Waals surface area contributed by atoms with Crippen LogP contribution in [0.4, 0.5) is 13.2 Å². The predicted octanol–water partition coefficient (Wildman–Crippen LogP) is 3.14.